The van der Waals surface area contributed by atoms with Crippen LogP contribution >= 0.6 is 11.8 Å². The molecule has 1 aliphatic heterocycles. The van der Waals surface area contributed by atoms with E-state index in [4.69, 9.17) is 15.8 Å². The van der Waals surface area contributed by atoms with Gasteiger partial charge in [0.05, 0.1) is 33.8 Å². The Morgan fingerprint density at radius 3 is 2.76 bits per heavy atom. The van der Waals surface area contributed by atoms with Crippen LogP contribution in [0.2, 0.25) is 0 Å². The van der Waals surface area contributed by atoms with Gasteiger partial charge >= 0.3 is 0 Å². The van der Waals surface area contributed by atoms with Crippen LogP contribution in [-0.2, 0) is 5.54 Å². The van der Waals surface area contributed by atoms with E-state index in [1.165, 1.54) is 16.8 Å². The van der Waals surface area contributed by atoms with Crippen LogP contribution in [0.25, 0.3) is 5.65 Å². The number of benzene rings is 1. The third-order valence-corrected chi connectivity index (χ3v) is 7.22. The summed E-state index contributed by atoms with van der Waals surface area (Å²) in [6.45, 7) is 5.75. The number of thioether (sulfide) groups is 1. The normalized spacial score (nSPS) is 18.5. The summed E-state index contributed by atoms with van der Waals surface area (Å²) in [6, 6.07) is 7.33. The monoisotopic (exact) mass is 467 g/mol. The predicted molar refractivity (Wildman–Crippen MR) is 125 cm³/mol. The number of anilines is 1. The van der Waals surface area contributed by atoms with Gasteiger partial charge in [0.2, 0.25) is 0 Å². The summed E-state index contributed by atoms with van der Waals surface area (Å²) in [6.07, 6.45) is 4.64. The number of hydrogen-bond donors (Lipinski definition) is 2. The smallest absolute Gasteiger partial charge is 0.167 e. The molecule has 33 heavy (non-hydrogen) atoms. The molecule has 7 nitrogen and oxygen atoms in total. The maximum atomic E-state index is 14.7. The summed E-state index contributed by atoms with van der Waals surface area (Å²) in [5.74, 6) is -0.388. The number of fused-ring (bicyclic) bond motifs is 1. The quantitative estimate of drug-likeness (QED) is 0.410. The van der Waals surface area contributed by atoms with Crippen LogP contribution in [0.5, 0.6) is 0 Å². The largest absolute Gasteiger partial charge is 0.347 e. The average Bonchev–Trinajstić information content (AvgIpc) is 3.38. The van der Waals surface area contributed by atoms with E-state index in [2.05, 4.69) is 11.2 Å². The Morgan fingerprint density at radius 2 is 2.03 bits per heavy atom. The molecule has 0 spiro atoms. The summed E-state index contributed by atoms with van der Waals surface area (Å²) in [7, 11) is 0. The number of aromatic nitrogens is 3. The van der Waals surface area contributed by atoms with Crippen LogP contribution < -0.4 is 4.90 Å². The van der Waals surface area contributed by atoms with Gasteiger partial charge in [0.25, 0.3) is 0 Å². The minimum atomic E-state index is -1.01. The Morgan fingerprint density at radius 1 is 1.27 bits per heavy atom. The van der Waals surface area contributed by atoms with Crippen molar-refractivity contribution >= 4 is 33.3 Å². The number of nitrogens with one attached hydrogen (secondary N) is 2. The summed E-state index contributed by atoms with van der Waals surface area (Å²) in [4.78, 5) is 6.68. The van der Waals surface area contributed by atoms with Gasteiger partial charge in [-0.1, -0.05) is 11.8 Å². The molecule has 2 aromatic heterocycles. The Kier molecular flexibility index (Phi) is 5.70. The topological polar surface area (TPSA) is 105 Å². The SMILES string of the molecule is CC(C)(C#N)C(=N)SC(=N)c1cnn2ccc(N3CCC[C@]3(C)c3cc(F)ccc3F)nc12. The maximum Gasteiger partial charge on any atom is 0.167 e. The van der Waals surface area contributed by atoms with Gasteiger partial charge in [-0.3, -0.25) is 10.8 Å². The minimum Gasteiger partial charge on any atom is -0.347 e. The highest BCUT2D eigenvalue weighted by Crippen LogP contribution is 2.42. The molecule has 2 N–H and O–H groups in total. The molecule has 0 saturated carbocycles. The van der Waals surface area contributed by atoms with E-state index in [0.29, 0.717) is 30.0 Å². The summed E-state index contributed by atoms with van der Waals surface area (Å²) in [5, 5.41) is 30.3. The fourth-order valence-electron chi connectivity index (χ4n) is 4.03. The molecule has 1 saturated heterocycles. The molecular weight excluding hydrogens is 444 g/mol. The van der Waals surface area contributed by atoms with Gasteiger partial charge in [-0.2, -0.15) is 10.4 Å². The number of nitriles is 1. The van der Waals surface area contributed by atoms with Crippen molar-refractivity contribution in [3.63, 3.8) is 0 Å². The zero-order valence-electron chi connectivity index (χ0n) is 18.5. The van der Waals surface area contributed by atoms with Crippen molar-refractivity contribution in [2.75, 3.05) is 11.4 Å². The van der Waals surface area contributed by atoms with Crippen molar-refractivity contribution in [1.82, 2.24) is 14.6 Å². The average molecular weight is 468 g/mol. The Balaban J connectivity index is 1.71. The molecule has 1 fully saturated rings. The summed E-state index contributed by atoms with van der Waals surface area (Å²) >= 11 is 0.888. The third kappa shape index (κ3) is 3.97. The highest BCUT2D eigenvalue weighted by Gasteiger charge is 2.41. The molecule has 1 aromatic carbocycles. The maximum absolute atomic E-state index is 14.7. The summed E-state index contributed by atoms with van der Waals surface area (Å²) < 4.78 is 30.2. The third-order valence-electron chi connectivity index (χ3n) is 6.08. The van der Waals surface area contributed by atoms with Crippen LogP contribution in [0.1, 0.15) is 44.7 Å². The van der Waals surface area contributed by atoms with Gasteiger partial charge in [0.1, 0.15) is 22.5 Å². The fourth-order valence-corrected chi connectivity index (χ4v) is 4.78. The second-order valence-electron chi connectivity index (χ2n) is 8.76. The van der Waals surface area contributed by atoms with E-state index >= 15 is 0 Å². The molecule has 0 aliphatic carbocycles. The first-order chi connectivity index (χ1) is 15.6. The van der Waals surface area contributed by atoms with E-state index in [1.807, 2.05) is 11.8 Å². The molecule has 1 aliphatic rings. The lowest BCUT2D eigenvalue weighted by Gasteiger charge is -2.37. The molecule has 3 aromatic rings. The zero-order chi connectivity index (χ0) is 24.0. The second kappa shape index (κ2) is 8.23. The molecule has 0 radical (unpaired) electrons. The van der Waals surface area contributed by atoms with E-state index in [9.17, 15) is 14.0 Å². The molecule has 0 bridgehead atoms. The molecular formula is C23H23F2N7S. The van der Waals surface area contributed by atoms with Crippen molar-refractivity contribution in [3.8, 4) is 6.07 Å². The van der Waals surface area contributed by atoms with Gasteiger partial charge in [-0.05, 0) is 57.9 Å². The first-order valence-corrected chi connectivity index (χ1v) is 11.2. The van der Waals surface area contributed by atoms with Gasteiger partial charge in [-0.15, -0.1) is 0 Å². The van der Waals surface area contributed by atoms with Gasteiger partial charge < -0.3 is 4.90 Å². The number of hydrogen-bond acceptors (Lipinski definition) is 7. The van der Waals surface area contributed by atoms with Crippen molar-refractivity contribution in [2.45, 2.75) is 39.2 Å². The minimum absolute atomic E-state index is 0.0548. The fraction of sp³-hybridized carbons (Fsp3) is 0.348. The van der Waals surface area contributed by atoms with Gasteiger partial charge in [0, 0.05) is 18.3 Å². The van der Waals surface area contributed by atoms with Gasteiger partial charge in [0.15, 0.2) is 5.65 Å². The molecule has 0 amide bonds. The van der Waals surface area contributed by atoms with Crippen molar-refractivity contribution in [2.24, 2.45) is 5.41 Å². The zero-order valence-corrected chi connectivity index (χ0v) is 19.3. The molecule has 3 heterocycles. The molecule has 0 unspecified atom stereocenters. The Labute approximate surface area is 194 Å². The van der Waals surface area contributed by atoms with Crippen LogP contribution in [0, 0.1) is 39.2 Å². The van der Waals surface area contributed by atoms with Crippen LogP contribution in [0.3, 0.4) is 0 Å². The standard InChI is InChI=1S/C23H23F2N7S/c1-22(2,13-26)21(28)33-19(27)15-12-29-32-10-7-18(30-20(15)32)31-9-4-8-23(31,3)16-11-14(24)5-6-17(16)25/h5-7,10-12,27-28H,4,8-9H2,1-3H3/t23-/m1/s1. The summed E-state index contributed by atoms with van der Waals surface area (Å²) in [5.41, 5.74) is -0.658. The van der Waals surface area contributed by atoms with Crippen LogP contribution in [0.4, 0.5) is 14.6 Å². The van der Waals surface area contributed by atoms with Crippen LogP contribution in [-0.4, -0.2) is 31.2 Å². The number of rotatable bonds is 4. The van der Waals surface area contributed by atoms with E-state index < -0.39 is 22.6 Å². The van der Waals surface area contributed by atoms with E-state index in [1.54, 1.807) is 26.1 Å². The lowest BCUT2D eigenvalue weighted by molar-refractivity contribution is 0.451. The van der Waals surface area contributed by atoms with Gasteiger partial charge in [-0.25, -0.2) is 18.3 Å². The Bertz CT molecular complexity index is 1310. The van der Waals surface area contributed by atoms with Crippen molar-refractivity contribution in [1.29, 1.82) is 16.1 Å². The number of nitrogens with zero attached hydrogens (tertiary/aromatic N) is 5. The molecule has 10 heteroatoms. The first-order valence-electron chi connectivity index (χ1n) is 10.4. The lowest BCUT2D eigenvalue weighted by atomic mass is 9.88. The highest BCUT2D eigenvalue weighted by molar-refractivity contribution is 8.26. The van der Waals surface area contributed by atoms with E-state index in [-0.39, 0.29) is 15.7 Å². The van der Waals surface area contributed by atoms with Crippen molar-refractivity contribution < 1.29 is 8.78 Å². The number of halogens is 2. The first kappa shape index (κ1) is 22.9. The van der Waals surface area contributed by atoms with Crippen LogP contribution in [0.15, 0.2) is 36.7 Å². The molecule has 170 valence electrons. The lowest BCUT2D eigenvalue weighted by Crippen LogP contribution is -2.40. The Hall–Kier alpha value is -3.32. The molecule has 1 atom stereocenters. The molecule has 4 rings (SSSR count). The van der Waals surface area contributed by atoms with Crippen molar-refractivity contribution in [3.05, 3.63) is 59.4 Å². The van der Waals surface area contributed by atoms with E-state index in [0.717, 1.165) is 30.3 Å². The highest BCUT2D eigenvalue weighted by atomic mass is 32.2. The predicted octanol–water partition coefficient (Wildman–Crippen LogP) is 5.11. The second-order valence-corrected chi connectivity index (χ2v) is 9.78.